The van der Waals surface area contributed by atoms with E-state index in [0.29, 0.717) is 35.6 Å². The van der Waals surface area contributed by atoms with Crippen LogP contribution < -0.4 is 5.32 Å². The second kappa shape index (κ2) is 6.06. The quantitative estimate of drug-likeness (QED) is 0.854. The van der Waals surface area contributed by atoms with Crippen molar-refractivity contribution in [1.82, 2.24) is 14.9 Å². The Bertz CT molecular complexity index is 945. The zero-order valence-corrected chi connectivity index (χ0v) is 16.0. The molecule has 2 bridgehead atoms. The molecule has 4 fully saturated rings. The number of hydrogen-bond acceptors (Lipinski definition) is 3. The number of aromatic nitrogens is 2. The van der Waals surface area contributed by atoms with Crippen LogP contribution in [0.2, 0.25) is 0 Å². The van der Waals surface area contributed by atoms with Crippen LogP contribution >= 0.6 is 0 Å². The number of H-pyrrole nitrogens is 1. The van der Waals surface area contributed by atoms with Crippen LogP contribution in [0.15, 0.2) is 18.3 Å². The molecule has 6 heteroatoms. The molecule has 2 aliphatic heterocycles. The average molecular weight is 378 g/mol. The molecule has 28 heavy (non-hydrogen) atoms. The number of nitrogens with zero attached hydrogens (tertiary/aromatic N) is 2. The predicted molar refractivity (Wildman–Crippen MR) is 106 cm³/mol. The first-order valence-electron chi connectivity index (χ1n) is 10.8. The molecule has 2 saturated carbocycles. The average Bonchev–Trinajstić information content (AvgIpc) is 3.60. The molecule has 2 N–H and O–H groups in total. The highest BCUT2D eigenvalue weighted by molar-refractivity contribution is 5.94. The molecule has 0 aromatic carbocycles. The van der Waals surface area contributed by atoms with E-state index in [2.05, 4.69) is 32.3 Å². The van der Waals surface area contributed by atoms with Gasteiger partial charge in [-0.1, -0.05) is 0 Å². The van der Waals surface area contributed by atoms with Gasteiger partial charge in [0.1, 0.15) is 11.5 Å². The maximum Gasteiger partial charge on any atom is 0.228 e. The van der Waals surface area contributed by atoms with Crippen LogP contribution in [0.3, 0.4) is 0 Å². The van der Waals surface area contributed by atoms with Gasteiger partial charge < -0.3 is 15.2 Å². The monoisotopic (exact) mass is 378 g/mol. The van der Waals surface area contributed by atoms with Crippen molar-refractivity contribution in [1.29, 1.82) is 0 Å². The number of fused-ring (bicyclic) bond motifs is 3. The first kappa shape index (κ1) is 16.6. The van der Waals surface area contributed by atoms with Crippen molar-refractivity contribution in [2.45, 2.75) is 69.4 Å². The third-order valence-electron chi connectivity index (χ3n) is 7.11. The molecule has 146 valence electrons. The summed E-state index contributed by atoms with van der Waals surface area (Å²) in [5.41, 5.74) is 2.11. The highest BCUT2D eigenvalue weighted by atomic mass is 16.2. The summed E-state index contributed by atoms with van der Waals surface area (Å²) < 4.78 is 0. The van der Waals surface area contributed by atoms with Gasteiger partial charge in [0, 0.05) is 35.5 Å². The second-order valence-electron chi connectivity index (χ2n) is 9.17. The van der Waals surface area contributed by atoms with Gasteiger partial charge in [0.25, 0.3) is 0 Å². The van der Waals surface area contributed by atoms with E-state index in [1.54, 1.807) is 0 Å². The number of rotatable bonds is 4. The van der Waals surface area contributed by atoms with E-state index in [9.17, 15) is 9.59 Å². The number of pyridine rings is 1. The Hall–Kier alpha value is -2.37. The minimum Gasteiger partial charge on any atom is -0.346 e. The van der Waals surface area contributed by atoms with E-state index in [1.807, 2.05) is 6.20 Å². The maximum atomic E-state index is 12.7. The number of nitrogens with one attached hydrogen (secondary N) is 2. The maximum absolute atomic E-state index is 12.7. The van der Waals surface area contributed by atoms with Crippen molar-refractivity contribution in [2.75, 3.05) is 5.32 Å². The SMILES string of the molecule is O=C(Nc1cc(C2CC3CCC(C2)N3C(=O)C2CC2)c2cc[nH]c2n1)C1CC1. The molecule has 6 rings (SSSR count). The van der Waals surface area contributed by atoms with Gasteiger partial charge in [0.2, 0.25) is 11.8 Å². The molecule has 0 spiro atoms. The van der Waals surface area contributed by atoms with Gasteiger partial charge in [-0.05, 0) is 75.0 Å². The topological polar surface area (TPSA) is 78.1 Å². The van der Waals surface area contributed by atoms with Crippen LogP contribution in [0.5, 0.6) is 0 Å². The molecule has 6 nitrogen and oxygen atoms in total. The summed E-state index contributed by atoms with van der Waals surface area (Å²) in [5, 5.41) is 4.17. The Labute approximate surface area is 164 Å². The third-order valence-corrected chi connectivity index (χ3v) is 7.11. The molecule has 2 aromatic rings. The van der Waals surface area contributed by atoms with Crippen LogP contribution in [0.1, 0.15) is 62.8 Å². The molecule has 2 aromatic heterocycles. The van der Waals surface area contributed by atoms with Crippen molar-refractivity contribution in [3.05, 3.63) is 23.9 Å². The highest BCUT2D eigenvalue weighted by Crippen LogP contribution is 2.47. The minimum absolute atomic E-state index is 0.0919. The molecule has 2 atom stereocenters. The van der Waals surface area contributed by atoms with E-state index >= 15 is 0 Å². The number of hydrogen-bond donors (Lipinski definition) is 2. The molecule has 4 aliphatic rings. The number of amides is 2. The molecule has 2 amide bonds. The Morgan fingerprint density at radius 3 is 2.43 bits per heavy atom. The fraction of sp³-hybridized carbons (Fsp3) is 0.591. The molecule has 0 radical (unpaired) electrons. The number of carbonyl (C=O) groups excluding carboxylic acids is 2. The fourth-order valence-electron chi connectivity index (χ4n) is 5.37. The summed E-state index contributed by atoms with van der Waals surface area (Å²) in [6.07, 6.45) is 10.4. The Morgan fingerprint density at radius 1 is 1.04 bits per heavy atom. The van der Waals surface area contributed by atoms with Crippen LogP contribution in [-0.2, 0) is 9.59 Å². The van der Waals surface area contributed by atoms with Gasteiger partial charge in [-0.3, -0.25) is 9.59 Å². The lowest BCUT2D eigenvalue weighted by Gasteiger charge is -2.39. The molecule has 4 heterocycles. The Balaban J connectivity index is 1.30. The van der Waals surface area contributed by atoms with Crippen LogP contribution in [0, 0.1) is 11.8 Å². The lowest BCUT2D eigenvalue weighted by molar-refractivity contribution is -0.137. The third kappa shape index (κ3) is 2.73. The summed E-state index contributed by atoms with van der Waals surface area (Å²) >= 11 is 0. The van der Waals surface area contributed by atoms with Crippen molar-refractivity contribution >= 4 is 28.7 Å². The zero-order chi connectivity index (χ0) is 18.8. The summed E-state index contributed by atoms with van der Waals surface area (Å²) in [5.74, 6) is 2.04. The number of piperidine rings is 1. The van der Waals surface area contributed by atoms with Gasteiger partial charge in [-0.25, -0.2) is 4.98 Å². The van der Waals surface area contributed by atoms with Crippen LogP contribution in [0.25, 0.3) is 11.0 Å². The number of carbonyl (C=O) groups is 2. The van der Waals surface area contributed by atoms with Crippen molar-refractivity contribution in [3.63, 3.8) is 0 Å². The largest absolute Gasteiger partial charge is 0.346 e. The van der Waals surface area contributed by atoms with Crippen LogP contribution in [0.4, 0.5) is 5.82 Å². The van der Waals surface area contributed by atoms with Gasteiger partial charge >= 0.3 is 0 Å². The standard InChI is InChI=1S/C22H26N4O2/c27-21(12-1-2-12)25-19-11-18(17-7-8-23-20(17)24-19)14-9-15-5-6-16(10-14)26(15)22(28)13-3-4-13/h7-8,11-16H,1-6,9-10H2,(H2,23,24,25,27). The first-order valence-corrected chi connectivity index (χ1v) is 10.8. The van der Waals surface area contributed by atoms with Crippen molar-refractivity contribution in [3.8, 4) is 0 Å². The normalized spacial score (nSPS) is 29.3. The summed E-state index contributed by atoms with van der Waals surface area (Å²) in [6.45, 7) is 0. The second-order valence-corrected chi connectivity index (χ2v) is 9.17. The molecule has 2 aliphatic carbocycles. The predicted octanol–water partition coefficient (Wildman–Crippen LogP) is 3.56. The van der Waals surface area contributed by atoms with Gasteiger partial charge in [-0.2, -0.15) is 0 Å². The minimum atomic E-state index is 0.0919. The Morgan fingerprint density at radius 2 is 1.75 bits per heavy atom. The molecule has 2 unspecified atom stereocenters. The van der Waals surface area contributed by atoms with Crippen molar-refractivity contribution < 1.29 is 9.59 Å². The number of aromatic amines is 1. The Kier molecular flexibility index (Phi) is 3.59. The first-order chi connectivity index (χ1) is 13.7. The van der Waals surface area contributed by atoms with E-state index < -0.39 is 0 Å². The van der Waals surface area contributed by atoms with Crippen molar-refractivity contribution in [2.24, 2.45) is 11.8 Å². The summed E-state index contributed by atoms with van der Waals surface area (Å²) in [4.78, 5) is 35.0. The fourth-order valence-corrected chi connectivity index (χ4v) is 5.37. The van der Waals surface area contributed by atoms with E-state index in [-0.39, 0.29) is 11.8 Å². The van der Waals surface area contributed by atoms with E-state index in [4.69, 9.17) is 0 Å². The lowest BCUT2D eigenvalue weighted by Crippen LogP contribution is -2.46. The van der Waals surface area contributed by atoms with Gasteiger partial charge in [0.15, 0.2) is 0 Å². The number of anilines is 1. The van der Waals surface area contributed by atoms with Crippen LogP contribution in [-0.4, -0.2) is 38.8 Å². The van der Waals surface area contributed by atoms with E-state index in [0.717, 1.165) is 62.4 Å². The lowest BCUT2D eigenvalue weighted by atomic mass is 9.84. The molecular weight excluding hydrogens is 352 g/mol. The van der Waals surface area contributed by atoms with Gasteiger partial charge in [-0.15, -0.1) is 0 Å². The molecule has 2 saturated heterocycles. The smallest absolute Gasteiger partial charge is 0.228 e. The summed E-state index contributed by atoms with van der Waals surface area (Å²) in [6, 6.07) is 4.93. The zero-order valence-electron chi connectivity index (χ0n) is 16.0. The summed E-state index contributed by atoms with van der Waals surface area (Å²) in [7, 11) is 0. The van der Waals surface area contributed by atoms with E-state index in [1.165, 1.54) is 5.56 Å². The highest BCUT2D eigenvalue weighted by Gasteiger charge is 2.47. The van der Waals surface area contributed by atoms with Gasteiger partial charge in [0.05, 0.1) is 0 Å². The molecular formula is C22H26N4O2.